The minimum absolute atomic E-state index is 0.116. The first-order valence-corrected chi connectivity index (χ1v) is 11.1. The van der Waals surface area contributed by atoms with Crippen molar-refractivity contribution in [2.24, 2.45) is 0 Å². The van der Waals surface area contributed by atoms with Crippen LogP contribution in [0.2, 0.25) is 0 Å². The largest absolute Gasteiger partial charge is 0.495 e. The van der Waals surface area contributed by atoms with Gasteiger partial charge in [0.05, 0.1) is 31.5 Å². The number of anilines is 1. The Hall–Kier alpha value is -1.42. The average Bonchev–Trinajstić information content (AvgIpc) is 3.13. The third kappa shape index (κ3) is 4.74. The number of benzene rings is 1. The van der Waals surface area contributed by atoms with Crippen LogP contribution in [0.5, 0.6) is 5.75 Å². The van der Waals surface area contributed by atoms with E-state index in [-0.39, 0.29) is 18.8 Å². The second-order valence-corrected chi connectivity index (χ2v) is 8.37. The molecule has 4 atom stereocenters. The molecule has 0 amide bonds. The maximum Gasteiger partial charge on any atom is 0.142 e. The minimum atomic E-state index is -0.686. The van der Waals surface area contributed by atoms with Gasteiger partial charge in [0.25, 0.3) is 0 Å². The van der Waals surface area contributed by atoms with Gasteiger partial charge in [-0.15, -0.1) is 0 Å². The first-order valence-electron chi connectivity index (χ1n) is 11.1. The van der Waals surface area contributed by atoms with Crippen LogP contribution < -0.4 is 15.0 Å². The Balaban J connectivity index is 1.38. The van der Waals surface area contributed by atoms with Crippen molar-refractivity contribution in [1.29, 1.82) is 0 Å². The van der Waals surface area contributed by atoms with Crippen LogP contribution in [0.4, 0.5) is 5.69 Å². The lowest BCUT2D eigenvalue weighted by Gasteiger charge is -2.41. The van der Waals surface area contributed by atoms with Crippen molar-refractivity contribution in [2.75, 3.05) is 64.6 Å². The van der Waals surface area contributed by atoms with Crippen molar-refractivity contribution >= 4 is 5.69 Å². The molecule has 4 unspecified atom stereocenters. The smallest absolute Gasteiger partial charge is 0.142 e. The zero-order chi connectivity index (χ0) is 20.9. The fourth-order valence-electron chi connectivity index (χ4n) is 4.93. The lowest BCUT2D eigenvalue weighted by Crippen LogP contribution is -2.57. The third-order valence-corrected chi connectivity index (χ3v) is 6.63. The van der Waals surface area contributed by atoms with E-state index in [9.17, 15) is 10.2 Å². The number of nitrogens with one attached hydrogen (secondary N) is 1. The maximum atomic E-state index is 10.9. The van der Waals surface area contributed by atoms with E-state index < -0.39 is 12.2 Å². The van der Waals surface area contributed by atoms with Crippen LogP contribution in [-0.2, 0) is 9.47 Å². The standard InChI is InChI=1S/C22H35N3O5/c1-28-18-5-3-2-4-17(18)24-8-10-25(11-9-24)21-19(30-20(15-26)22(21)27)14-23-16-6-12-29-13-7-16/h2-5,16,19-23,26-27H,6-15H2,1H3. The Kier molecular flexibility index (Phi) is 7.45. The van der Waals surface area contributed by atoms with Gasteiger partial charge in [0.1, 0.15) is 18.0 Å². The zero-order valence-corrected chi connectivity index (χ0v) is 17.8. The van der Waals surface area contributed by atoms with E-state index in [0.29, 0.717) is 12.6 Å². The van der Waals surface area contributed by atoms with Gasteiger partial charge in [-0.1, -0.05) is 12.1 Å². The van der Waals surface area contributed by atoms with Gasteiger partial charge in [0, 0.05) is 52.0 Å². The molecule has 1 aromatic rings. The summed E-state index contributed by atoms with van der Waals surface area (Å²) in [5.74, 6) is 0.883. The summed E-state index contributed by atoms with van der Waals surface area (Å²) in [5.41, 5.74) is 1.11. The van der Waals surface area contributed by atoms with Gasteiger partial charge in [0.15, 0.2) is 0 Å². The summed E-state index contributed by atoms with van der Waals surface area (Å²) < 4.78 is 17.0. The van der Waals surface area contributed by atoms with Crippen LogP contribution in [0.15, 0.2) is 24.3 Å². The Morgan fingerprint density at radius 3 is 2.53 bits per heavy atom. The molecule has 3 aliphatic rings. The summed E-state index contributed by atoms with van der Waals surface area (Å²) in [5, 5.41) is 24.1. The van der Waals surface area contributed by atoms with Crippen molar-refractivity contribution in [3.63, 3.8) is 0 Å². The number of ether oxygens (including phenoxy) is 3. The van der Waals surface area contributed by atoms with E-state index in [1.165, 1.54) is 0 Å². The summed E-state index contributed by atoms with van der Waals surface area (Å²) >= 11 is 0. The maximum absolute atomic E-state index is 10.9. The molecule has 8 nitrogen and oxygen atoms in total. The lowest BCUT2D eigenvalue weighted by molar-refractivity contribution is -0.0229. The first kappa shape index (κ1) is 21.8. The molecule has 3 fully saturated rings. The minimum Gasteiger partial charge on any atom is -0.495 e. The molecule has 8 heteroatoms. The van der Waals surface area contributed by atoms with Gasteiger partial charge in [-0.25, -0.2) is 0 Å². The molecule has 0 radical (unpaired) electrons. The van der Waals surface area contributed by atoms with Crippen molar-refractivity contribution < 1.29 is 24.4 Å². The second kappa shape index (κ2) is 10.3. The van der Waals surface area contributed by atoms with Crippen LogP contribution in [0.1, 0.15) is 12.8 Å². The highest BCUT2D eigenvalue weighted by atomic mass is 16.5. The number of para-hydroxylation sites is 2. The predicted molar refractivity (Wildman–Crippen MR) is 114 cm³/mol. The van der Waals surface area contributed by atoms with Crippen LogP contribution in [0.3, 0.4) is 0 Å². The number of hydrogen-bond acceptors (Lipinski definition) is 8. The topological polar surface area (TPSA) is 86.7 Å². The molecule has 3 saturated heterocycles. The molecule has 0 aromatic heterocycles. The van der Waals surface area contributed by atoms with Gasteiger partial charge < -0.3 is 34.6 Å². The van der Waals surface area contributed by atoms with E-state index in [1.54, 1.807) is 7.11 Å². The number of hydrogen-bond donors (Lipinski definition) is 3. The predicted octanol–water partition coefficient (Wildman–Crippen LogP) is 0.0750. The number of aliphatic hydroxyl groups excluding tert-OH is 2. The Labute approximate surface area is 178 Å². The number of piperazine rings is 1. The molecule has 0 aliphatic carbocycles. The van der Waals surface area contributed by atoms with Gasteiger partial charge in [-0.3, -0.25) is 4.90 Å². The normalized spacial score (nSPS) is 31.2. The summed E-state index contributed by atoms with van der Waals surface area (Å²) in [4.78, 5) is 4.65. The third-order valence-electron chi connectivity index (χ3n) is 6.63. The van der Waals surface area contributed by atoms with Crippen molar-refractivity contribution in [3.05, 3.63) is 24.3 Å². The van der Waals surface area contributed by atoms with E-state index in [4.69, 9.17) is 14.2 Å². The Morgan fingerprint density at radius 1 is 1.10 bits per heavy atom. The quantitative estimate of drug-likeness (QED) is 0.571. The number of methoxy groups -OCH3 is 1. The Morgan fingerprint density at radius 2 is 1.83 bits per heavy atom. The van der Waals surface area contributed by atoms with Gasteiger partial charge >= 0.3 is 0 Å². The molecule has 0 bridgehead atoms. The lowest BCUT2D eigenvalue weighted by atomic mass is 10.0. The number of aliphatic hydroxyl groups is 2. The van der Waals surface area contributed by atoms with Crippen LogP contribution in [0.25, 0.3) is 0 Å². The first-order chi connectivity index (χ1) is 14.7. The molecule has 1 aromatic carbocycles. The average molecular weight is 422 g/mol. The van der Waals surface area contributed by atoms with Crippen molar-refractivity contribution in [1.82, 2.24) is 10.2 Å². The fourth-order valence-corrected chi connectivity index (χ4v) is 4.93. The molecule has 0 saturated carbocycles. The Bertz CT molecular complexity index is 664. The van der Waals surface area contributed by atoms with Crippen molar-refractivity contribution in [2.45, 2.75) is 43.2 Å². The molecule has 168 valence electrons. The summed E-state index contributed by atoms with van der Waals surface area (Å²) in [7, 11) is 1.70. The van der Waals surface area contributed by atoms with Crippen molar-refractivity contribution in [3.8, 4) is 5.75 Å². The number of rotatable bonds is 7. The van der Waals surface area contributed by atoms with Gasteiger partial charge in [-0.05, 0) is 25.0 Å². The highest BCUT2D eigenvalue weighted by Crippen LogP contribution is 2.31. The molecule has 4 rings (SSSR count). The SMILES string of the molecule is COc1ccccc1N1CCN(C2C(CNC3CCOCC3)OC(CO)C2O)CC1. The highest BCUT2D eigenvalue weighted by Gasteiger charge is 2.46. The zero-order valence-electron chi connectivity index (χ0n) is 17.8. The highest BCUT2D eigenvalue weighted by molar-refractivity contribution is 5.58. The summed E-state index contributed by atoms with van der Waals surface area (Å²) in [6.07, 6.45) is 0.651. The van der Waals surface area contributed by atoms with Crippen LogP contribution >= 0.6 is 0 Å². The van der Waals surface area contributed by atoms with Gasteiger partial charge in [0.2, 0.25) is 0 Å². The second-order valence-electron chi connectivity index (χ2n) is 8.37. The summed E-state index contributed by atoms with van der Waals surface area (Å²) in [6.45, 7) is 5.46. The number of nitrogens with zero attached hydrogens (tertiary/aromatic N) is 2. The summed E-state index contributed by atoms with van der Waals surface area (Å²) in [6, 6.07) is 8.40. The molecule has 3 N–H and O–H groups in total. The van der Waals surface area contributed by atoms with E-state index in [0.717, 1.165) is 63.7 Å². The molecule has 30 heavy (non-hydrogen) atoms. The fraction of sp³-hybridized carbons (Fsp3) is 0.727. The molecule has 3 heterocycles. The van der Waals surface area contributed by atoms with Gasteiger partial charge in [-0.2, -0.15) is 0 Å². The molecular weight excluding hydrogens is 386 g/mol. The molecule has 3 aliphatic heterocycles. The van der Waals surface area contributed by atoms with Crippen LogP contribution in [0, 0.1) is 0 Å². The van der Waals surface area contributed by atoms with E-state index in [1.807, 2.05) is 18.2 Å². The monoisotopic (exact) mass is 421 g/mol. The van der Waals surface area contributed by atoms with E-state index in [2.05, 4.69) is 21.2 Å². The molecule has 0 spiro atoms. The van der Waals surface area contributed by atoms with Crippen LogP contribution in [-0.4, -0.2) is 105 Å². The molecular formula is C22H35N3O5. The van der Waals surface area contributed by atoms with E-state index >= 15 is 0 Å².